The Kier molecular flexibility index (Phi) is 5.12. The number of benzene rings is 2. The largest absolute Gasteiger partial charge is 0.497 e. The Hall–Kier alpha value is -3.41. The number of hydrogen-bond acceptors (Lipinski definition) is 5. The molecule has 0 spiro atoms. The Morgan fingerprint density at radius 1 is 1.04 bits per heavy atom. The first-order valence-corrected chi connectivity index (χ1v) is 8.17. The molecule has 1 aromatic heterocycles. The summed E-state index contributed by atoms with van der Waals surface area (Å²) in [5.74, 6) is 0.978. The minimum Gasteiger partial charge on any atom is -0.497 e. The standard InChI is InChI=1S/C20H20N4O2/c1-13-6-4-9-17(14(13)2)24-20(25)18-11-19(22-12-21-18)23-15-7-5-8-16(10-15)26-3/h4-12H,1-3H3,(H,24,25)(H,21,22,23). The molecule has 0 bridgehead atoms. The molecule has 0 radical (unpaired) electrons. The van der Waals surface area contributed by atoms with Crippen LogP contribution in [0.2, 0.25) is 0 Å². The second kappa shape index (κ2) is 7.65. The average molecular weight is 348 g/mol. The lowest BCUT2D eigenvalue weighted by atomic mass is 10.1. The van der Waals surface area contributed by atoms with Gasteiger partial charge in [-0.05, 0) is 43.2 Å². The summed E-state index contributed by atoms with van der Waals surface area (Å²) >= 11 is 0. The van der Waals surface area contributed by atoms with Gasteiger partial charge in [0.2, 0.25) is 0 Å². The van der Waals surface area contributed by atoms with Gasteiger partial charge in [-0.15, -0.1) is 0 Å². The van der Waals surface area contributed by atoms with Crippen molar-refractivity contribution in [1.29, 1.82) is 0 Å². The Balaban J connectivity index is 1.78. The zero-order valence-corrected chi connectivity index (χ0v) is 14.9. The van der Waals surface area contributed by atoms with Gasteiger partial charge in [0, 0.05) is 23.5 Å². The molecule has 26 heavy (non-hydrogen) atoms. The number of anilines is 3. The molecule has 132 valence electrons. The normalized spacial score (nSPS) is 10.3. The quantitative estimate of drug-likeness (QED) is 0.726. The van der Waals surface area contributed by atoms with Crippen LogP contribution >= 0.6 is 0 Å². The number of rotatable bonds is 5. The van der Waals surface area contributed by atoms with E-state index in [1.165, 1.54) is 6.33 Å². The third-order valence-corrected chi connectivity index (χ3v) is 4.09. The minimum atomic E-state index is -0.283. The zero-order chi connectivity index (χ0) is 18.5. The molecule has 0 aliphatic rings. The number of nitrogens with zero attached hydrogens (tertiary/aromatic N) is 2. The van der Waals surface area contributed by atoms with Crippen molar-refractivity contribution in [3.05, 3.63) is 71.7 Å². The van der Waals surface area contributed by atoms with E-state index in [2.05, 4.69) is 20.6 Å². The van der Waals surface area contributed by atoms with Crippen LogP contribution in [0.1, 0.15) is 21.6 Å². The maximum atomic E-state index is 12.5. The molecule has 0 fully saturated rings. The summed E-state index contributed by atoms with van der Waals surface area (Å²) in [7, 11) is 1.61. The second-order valence-electron chi connectivity index (χ2n) is 5.85. The van der Waals surface area contributed by atoms with Crippen molar-refractivity contribution < 1.29 is 9.53 Å². The molecular weight excluding hydrogens is 328 g/mol. The van der Waals surface area contributed by atoms with Gasteiger partial charge < -0.3 is 15.4 Å². The molecule has 0 atom stereocenters. The van der Waals surface area contributed by atoms with Gasteiger partial charge in [0.25, 0.3) is 5.91 Å². The van der Waals surface area contributed by atoms with E-state index in [4.69, 9.17) is 4.74 Å². The van der Waals surface area contributed by atoms with Crippen molar-refractivity contribution in [3.63, 3.8) is 0 Å². The molecule has 3 rings (SSSR count). The van der Waals surface area contributed by atoms with Crippen molar-refractivity contribution in [2.24, 2.45) is 0 Å². The van der Waals surface area contributed by atoms with E-state index in [0.717, 1.165) is 28.3 Å². The molecule has 0 saturated carbocycles. The number of ether oxygens (including phenoxy) is 1. The topological polar surface area (TPSA) is 76.1 Å². The van der Waals surface area contributed by atoms with Crippen molar-refractivity contribution >= 4 is 23.1 Å². The Morgan fingerprint density at radius 2 is 1.85 bits per heavy atom. The van der Waals surface area contributed by atoms with E-state index < -0.39 is 0 Å². The lowest BCUT2D eigenvalue weighted by molar-refractivity contribution is 0.102. The second-order valence-corrected chi connectivity index (χ2v) is 5.85. The highest BCUT2D eigenvalue weighted by Crippen LogP contribution is 2.21. The number of hydrogen-bond donors (Lipinski definition) is 2. The highest BCUT2D eigenvalue weighted by Gasteiger charge is 2.11. The number of carbonyl (C=O) groups excluding carboxylic acids is 1. The first-order chi connectivity index (χ1) is 12.6. The van der Waals surface area contributed by atoms with Crippen molar-refractivity contribution in [2.45, 2.75) is 13.8 Å². The van der Waals surface area contributed by atoms with Gasteiger partial charge >= 0.3 is 0 Å². The number of amides is 1. The highest BCUT2D eigenvalue weighted by molar-refractivity contribution is 6.03. The molecule has 1 heterocycles. The molecule has 2 N–H and O–H groups in total. The van der Waals surface area contributed by atoms with Gasteiger partial charge in [0.1, 0.15) is 23.6 Å². The summed E-state index contributed by atoms with van der Waals surface area (Å²) < 4.78 is 5.20. The smallest absolute Gasteiger partial charge is 0.274 e. The molecule has 3 aromatic rings. The van der Waals surface area contributed by atoms with Crippen LogP contribution in [0, 0.1) is 13.8 Å². The van der Waals surface area contributed by atoms with Crippen LogP contribution in [0.4, 0.5) is 17.2 Å². The average Bonchev–Trinajstić information content (AvgIpc) is 2.66. The van der Waals surface area contributed by atoms with Crippen LogP contribution in [0.3, 0.4) is 0 Å². The Morgan fingerprint density at radius 3 is 2.65 bits per heavy atom. The van der Waals surface area contributed by atoms with E-state index in [1.807, 2.05) is 56.3 Å². The van der Waals surface area contributed by atoms with Crippen LogP contribution in [0.5, 0.6) is 5.75 Å². The molecule has 0 saturated heterocycles. The Labute approximate surface area is 152 Å². The summed E-state index contributed by atoms with van der Waals surface area (Å²) in [6.07, 6.45) is 1.36. The number of aromatic nitrogens is 2. The molecular formula is C20H20N4O2. The molecule has 0 aliphatic carbocycles. The number of carbonyl (C=O) groups is 1. The van der Waals surface area contributed by atoms with Gasteiger partial charge in [-0.2, -0.15) is 0 Å². The number of methoxy groups -OCH3 is 1. The fourth-order valence-corrected chi connectivity index (χ4v) is 2.47. The molecule has 6 nitrogen and oxygen atoms in total. The first-order valence-electron chi connectivity index (χ1n) is 8.17. The summed E-state index contributed by atoms with van der Waals surface area (Å²) in [6, 6.07) is 14.9. The van der Waals surface area contributed by atoms with Gasteiger partial charge in [0.05, 0.1) is 7.11 Å². The summed E-state index contributed by atoms with van der Waals surface area (Å²) in [6.45, 7) is 3.98. The molecule has 2 aromatic carbocycles. The number of aryl methyl sites for hydroxylation is 1. The lowest BCUT2D eigenvalue weighted by Gasteiger charge is -2.11. The van der Waals surface area contributed by atoms with E-state index >= 15 is 0 Å². The van der Waals surface area contributed by atoms with Crippen LogP contribution in [0.25, 0.3) is 0 Å². The third-order valence-electron chi connectivity index (χ3n) is 4.09. The fraction of sp³-hybridized carbons (Fsp3) is 0.150. The van der Waals surface area contributed by atoms with Crippen molar-refractivity contribution in [3.8, 4) is 5.75 Å². The van der Waals surface area contributed by atoms with E-state index in [-0.39, 0.29) is 11.6 Å². The zero-order valence-electron chi connectivity index (χ0n) is 14.9. The van der Waals surface area contributed by atoms with Crippen LogP contribution < -0.4 is 15.4 Å². The SMILES string of the molecule is COc1cccc(Nc2cc(C(=O)Nc3cccc(C)c3C)ncn2)c1. The fourth-order valence-electron chi connectivity index (χ4n) is 2.47. The predicted octanol–water partition coefficient (Wildman–Crippen LogP) is 4.10. The van der Waals surface area contributed by atoms with Gasteiger partial charge in [0.15, 0.2) is 0 Å². The highest BCUT2D eigenvalue weighted by atomic mass is 16.5. The van der Waals surface area contributed by atoms with E-state index in [1.54, 1.807) is 13.2 Å². The van der Waals surface area contributed by atoms with Crippen molar-refractivity contribution in [1.82, 2.24) is 9.97 Å². The maximum Gasteiger partial charge on any atom is 0.274 e. The van der Waals surface area contributed by atoms with Gasteiger partial charge in [-0.1, -0.05) is 18.2 Å². The molecule has 1 amide bonds. The molecule has 0 aliphatic heterocycles. The van der Waals surface area contributed by atoms with Gasteiger partial charge in [-0.25, -0.2) is 9.97 Å². The summed E-state index contributed by atoms with van der Waals surface area (Å²) in [5, 5.41) is 6.05. The predicted molar refractivity (Wildman–Crippen MR) is 102 cm³/mol. The van der Waals surface area contributed by atoms with E-state index in [9.17, 15) is 4.79 Å². The maximum absolute atomic E-state index is 12.5. The van der Waals surface area contributed by atoms with Gasteiger partial charge in [-0.3, -0.25) is 4.79 Å². The first kappa shape index (κ1) is 17.4. The number of nitrogens with one attached hydrogen (secondary N) is 2. The van der Waals surface area contributed by atoms with Crippen LogP contribution in [-0.4, -0.2) is 23.0 Å². The summed E-state index contributed by atoms with van der Waals surface area (Å²) in [5.41, 5.74) is 4.02. The third kappa shape index (κ3) is 3.97. The monoisotopic (exact) mass is 348 g/mol. The summed E-state index contributed by atoms with van der Waals surface area (Å²) in [4.78, 5) is 20.8. The minimum absolute atomic E-state index is 0.283. The molecule has 6 heteroatoms. The lowest BCUT2D eigenvalue weighted by Crippen LogP contribution is -2.15. The van der Waals surface area contributed by atoms with Crippen LogP contribution in [-0.2, 0) is 0 Å². The van der Waals surface area contributed by atoms with E-state index in [0.29, 0.717) is 5.82 Å². The molecule has 0 unspecified atom stereocenters. The van der Waals surface area contributed by atoms with Crippen molar-refractivity contribution in [2.75, 3.05) is 17.7 Å². The Bertz CT molecular complexity index is 941. The van der Waals surface area contributed by atoms with Crippen LogP contribution in [0.15, 0.2) is 54.9 Å².